The maximum Gasteiger partial charge on any atom is 0.335 e. The lowest BCUT2D eigenvalue weighted by Gasteiger charge is -2.29. The molecule has 3 N–H and O–H groups in total. The minimum Gasteiger partial charge on any atom is -0.478 e. The number of halogens is 2. The monoisotopic (exact) mass is 532 g/mol. The minimum absolute atomic E-state index is 0.233. The summed E-state index contributed by atoms with van der Waals surface area (Å²) in [6.45, 7) is 5.09. The van der Waals surface area contributed by atoms with E-state index in [1.54, 1.807) is 24.3 Å². The molecule has 8 heteroatoms. The Hall–Kier alpha value is -2.06. The van der Waals surface area contributed by atoms with Crippen molar-refractivity contribution in [3.8, 4) is 11.1 Å². The molecule has 0 saturated carbocycles. The Kier molecular flexibility index (Phi) is 9.64. The summed E-state index contributed by atoms with van der Waals surface area (Å²) in [4.78, 5) is 12.3. The second-order valence-corrected chi connectivity index (χ2v) is 11.3. The number of nitrogens with zero attached hydrogens (tertiary/aromatic N) is 1. The number of aliphatic hydroxyl groups excluding tert-OH is 1. The fourth-order valence-electron chi connectivity index (χ4n) is 3.76. The molecular formula is C27H30Cl2N2O3S. The highest BCUT2D eigenvalue weighted by molar-refractivity contribution is 7.97. The molecule has 186 valence electrons. The highest BCUT2D eigenvalue weighted by Gasteiger charge is 2.20. The fourth-order valence-corrected chi connectivity index (χ4v) is 5.01. The molecule has 35 heavy (non-hydrogen) atoms. The predicted molar refractivity (Wildman–Crippen MR) is 146 cm³/mol. The molecular weight excluding hydrogens is 503 g/mol. The van der Waals surface area contributed by atoms with E-state index in [2.05, 4.69) is 19.2 Å². The van der Waals surface area contributed by atoms with Crippen molar-refractivity contribution in [3.63, 3.8) is 0 Å². The van der Waals surface area contributed by atoms with Crippen LogP contribution in [-0.2, 0) is 6.42 Å². The number of benzene rings is 3. The summed E-state index contributed by atoms with van der Waals surface area (Å²) in [6.07, 6.45) is 0.188. The number of carbonyl (C=O) groups is 1. The van der Waals surface area contributed by atoms with Crippen LogP contribution >= 0.6 is 35.1 Å². The molecule has 0 aromatic heterocycles. The van der Waals surface area contributed by atoms with Gasteiger partial charge in [0.1, 0.15) is 0 Å². The van der Waals surface area contributed by atoms with Crippen LogP contribution in [0.15, 0.2) is 71.6 Å². The summed E-state index contributed by atoms with van der Waals surface area (Å²) >= 11 is 13.7. The van der Waals surface area contributed by atoms with Gasteiger partial charge in [-0.3, -0.25) is 0 Å². The van der Waals surface area contributed by atoms with E-state index in [9.17, 15) is 15.0 Å². The SMILES string of the molecule is CN(CC(O)CNC(C)(C)Cc1ccc(Cl)c(Cl)c1)Sc1cccc(-c2cccc(C(=O)O)c2)c1. The third-order valence-electron chi connectivity index (χ3n) is 5.45. The largest absolute Gasteiger partial charge is 0.478 e. The number of aliphatic hydroxyl groups is 1. The van der Waals surface area contributed by atoms with Crippen molar-refractivity contribution < 1.29 is 15.0 Å². The molecule has 3 aromatic carbocycles. The quantitative estimate of drug-likeness (QED) is 0.253. The van der Waals surface area contributed by atoms with E-state index in [-0.39, 0.29) is 11.1 Å². The van der Waals surface area contributed by atoms with Gasteiger partial charge in [-0.15, -0.1) is 0 Å². The molecule has 3 rings (SSSR count). The van der Waals surface area contributed by atoms with E-state index < -0.39 is 12.1 Å². The van der Waals surface area contributed by atoms with E-state index in [0.29, 0.717) is 23.1 Å². The third-order valence-corrected chi connectivity index (χ3v) is 7.12. The van der Waals surface area contributed by atoms with Crippen molar-refractivity contribution >= 4 is 41.1 Å². The molecule has 0 fully saturated rings. The molecule has 1 atom stereocenters. The topological polar surface area (TPSA) is 72.8 Å². The Labute approximate surface area is 221 Å². The number of carboxylic acid groups (broad SMARTS) is 1. The zero-order chi connectivity index (χ0) is 25.6. The Morgan fingerprint density at radius 1 is 1.03 bits per heavy atom. The second-order valence-electron chi connectivity index (χ2n) is 9.16. The van der Waals surface area contributed by atoms with Gasteiger partial charge in [-0.25, -0.2) is 9.10 Å². The summed E-state index contributed by atoms with van der Waals surface area (Å²) in [5, 5.41) is 24.4. The van der Waals surface area contributed by atoms with Crippen molar-refractivity contribution in [2.24, 2.45) is 0 Å². The van der Waals surface area contributed by atoms with Crippen LogP contribution < -0.4 is 5.32 Å². The number of hydrogen-bond acceptors (Lipinski definition) is 5. The molecule has 0 aliphatic heterocycles. The summed E-state index contributed by atoms with van der Waals surface area (Å²) in [6, 6.07) is 20.5. The van der Waals surface area contributed by atoms with Crippen LogP contribution in [-0.4, -0.2) is 52.3 Å². The first-order chi connectivity index (χ1) is 16.5. The molecule has 0 aliphatic carbocycles. The molecule has 1 unspecified atom stereocenters. The third kappa shape index (κ3) is 8.53. The summed E-state index contributed by atoms with van der Waals surface area (Å²) in [5.41, 5.74) is 2.90. The normalized spacial score (nSPS) is 12.7. The van der Waals surface area contributed by atoms with Crippen molar-refractivity contribution in [1.82, 2.24) is 9.62 Å². The van der Waals surface area contributed by atoms with E-state index in [1.807, 2.05) is 53.8 Å². The van der Waals surface area contributed by atoms with E-state index in [1.165, 1.54) is 11.9 Å². The Morgan fingerprint density at radius 3 is 2.40 bits per heavy atom. The molecule has 5 nitrogen and oxygen atoms in total. The number of nitrogens with one attached hydrogen (secondary N) is 1. The molecule has 0 saturated heterocycles. The van der Waals surface area contributed by atoms with Crippen molar-refractivity contribution in [3.05, 3.63) is 87.9 Å². The Bertz CT molecular complexity index is 1170. The second kappa shape index (κ2) is 12.3. The van der Waals surface area contributed by atoms with Gasteiger partial charge in [0.2, 0.25) is 0 Å². The first-order valence-corrected chi connectivity index (χ1v) is 12.8. The van der Waals surface area contributed by atoms with Crippen LogP contribution in [0.5, 0.6) is 0 Å². The number of likely N-dealkylation sites (N-methyl/N-ethyl adjacent to an activating group) is 1. The molecule has 0 aliphatic rings. The summed E-state index contributed by atoms with van der Waals surface area (Å²) in [7, 11) is 1.94. The average molecular weight is 534 g/mol. The summed E-state index contributed by atoms with van der Waals surface area (Å²) in [5.74, 6) is -0.945. The highest BCUT2D eigenvalue weighted by atomic mass is 35.5. The predicted octanol–water partition coefficient (Wildman–Crippen LogP) is 6.27. The van der Waals surface area contributed by atoms with Gasteiger partial charge in [-0.1, -0.05) is 53.5 Å². The van der Waals surface area contributed by atoms with Crippen LogP contribution in [0.4, 0.5) is 0 Å². The molecule has 3 aromatic rings. The van der Waals surface area contributed by atoms with E-state index in [4.69, 9.17) is 23.2 Å². The van der Waals surface area contributed by atoms with Gasteiger partial charge in [-0.05, 0) is 92.4 Å². The van der Waals surface area contributed by atoms with Gasteiger partial charge in [0, 0.05) is 23.5 Å². The van der Waals surface area contributed by atoms with Crippen LogP contribution in [0.2, 0.25) is 10.0 Å². The van der Waals surface area contributed by atoms with Gasteiger partial charge in [0.15, 0.2) is 0 Å². The van der Waals surface area contributed by atoms with Crippen LogP contribution in [0, 0.1) is 0 Å². The lowest BCUT2D eigenvalue weighted by molar-refractivity contribution is 0.0697. The van der Waals surface area contributed by atoms with Gasteiger partial charge < -0.3 is 15.5 Å². The smallest absolute Gasteiger partial charge is 0.335 e. The Balaban J connectivity index is 1.53. The zero-order valence-corrected chi connectivity index (χ0v) is 22.3. The summed E-state index contributed by atoms with van der Waals surface area (Å²) < 4.78 is 1.99. The van der Waals surface area contributed by atoms with Crippen LogP contribution in [0.25, 0.3) is 11.1 Å². The first kappa shape index (κ1) is 27.5. The van der Waals surface area contributed by atoms with Gasteiger partial charge in [-0.2, -0.15) is 0 Å². The zero-order valence-electron chi connectivity index (χ0n) is 20.0. The van der Waals surface area contributed by atoms with Crippen molar-refractivity contribution in [1.29, 1.82) is 0 Å². The molecule has 0 radical (unpaired) electrons. The van der Waals surface area contributed by atoms with Gasteiger partial charge in [0.05, 0.1) is 21.7 Å². The first-order valence-electron chi connectivity index (χ1n) is 11.2. The van der Waals surface area contributed by atoms with Crippen molar-refractivity contribution in [2.45, 2.75) is 36.8 Å². The Morgan fingerprint density at radius 2 is 1.71 bits per heavy atom. The van der Waals surface area contributed by atoms with Crippen LogP contribution in [0.1, 0.15) is 29.8 Å². The van der Waals surface area contributed by atoms with E-state index >= 15 is 0 Å². The number of carboxylic acids is 1. The number of aromatic carboxylic acids is 1. The molecule has 0 heterocycles. The highest BCUT2D eigenvalue weighted by Crippen LogP contribution is 2.28. The maximum atomic E-state index is 11.3. The minimum atomic E-state index is -0.945. The maximum absolute atomic E-state index is 11.3. The van der Waals surface area contributed by atoms with Gasteiger partial charge >= 0.3 is 5.97 Å². The average Bonchev–Trinajstić information content (AvgIpc) is 2.80. The van der Waals surface area contributed by atoms with Gasteiger partial charge in [0.25, 0.3) is 0 Å². The number of β-amino-alcohol motifs (C(OH)–C–C–N with tert-alkyl or cyclic N) is 1. The number of rotatable bonds is 11. The van der Waals surface area contributed by atoms with Crippen LogP contribution in [0.3, 0.4) is 0 Å². The lowest BCUT2D eigenvalue weighted by atomic mass is 9.94. The van der Waals surface area contributed by atoms with Crippen molar-refractivity contribution in [2.75, 3.05) is 20.1 Å². The fraction of sp³-hybridized carbons (Fsp3) is 0.296. The standard InChI is InChI=1S/C27H30Cl2N2O3S/c1-27(2,15-18-10-11-24(28)25(29)12-18)30-16-22(32)17-31(3)35-23-9-5-7-20(14-23)19-6-4-8-21(13-19)26(33)34/h4-14,22,30,32H,15-17H2,1-3H3,(H,33,34). The molecule has 0 spiro atoms. The molecule has 0 amide bonds. The van der Waals surface area contributed by atoms with E-state index in [0.717, 1.165) is 28.0 Å². The lowest BCUT2D eigenvalue weighted by Crippen LogP contribution is -2.46. The number of hydrogen-bond donors (Lipinski definition) is 3. The molecule has 0 bridgehead atoms.